The van der Waals surface area contributed by atoms with Crippen LogP contribution in [0.2, 0.25) is 0 Å². The number of nitro benzene ring substituents is 1. The van der Waals surface area contributed by atoms with Gasteiger partial charge in [0.05, 0.1) is 16.2 Å². The number of ether oxygens (including phenoxy) is 2. The van der Waals surface area contributed by atoms with Crippen molar-refractivity contribution in [3.8, 4) is 11.5 Å². The molecule has 0 atom stereocenters. The highest BCUT2D eigenvalue weighted by Gasteiger charge is 2.13. The molecule has 3 aromatic carbocycles. The third-order valence-electron chi connectivity index (χ3n) is 3.87. The molecular formula is C20H14Br2N2O5. The fourth-order valence-electron chi connectivity index (χ4n) is 2.41. The number of hydrogen-bond acceptors (Lipinski definition) is 6. The lowest BCUT2D eigenvalue weighted by molar-refractivity contribution is -0.384. The summed E-state index contributed by atoms with van der Waals surface area (Å²) in [6, 6.07) is 16.0. The number of rotatable bonds is 6. The standard InChI is InChI=1S/C20H14Br2N2O5/c21-17-9-13(10-18(22)19(17)23)20(25)28-11-12-2-1-3-16(8-12)29-15-6-4-14(5-7-15)24(26)27/h1-10H,11,23H2. The summed E-state index contributed by atoms with van der Waals surface area (Å²) in [5.41, 5.74) is 7.39. The molecule has 0 spiro atoms. The van der Waals surface area contributed by atoms with Gasteiger partial charge >= 0.3 is 5.97 Å². The van der Waals surface area contributed by atoms with Gasteiger partial charge < -0.3 is 15.2 Å². The summed E-state index contributed by atoms with van der Waals surface area (Å²) in [6.07, 6.45) is 0. The molecule has 2 N–H and O–H groups in total. The number of hydrogen-bond donors (Lipinski definition) is 1. The largest absolute Gasteiger partial charge is 0.457 e. The molecule has 0 saturated heterocycles. The number of anilines is 1. The lowest BCUT2D eigenvalue weighted by Crippen LogP contribution is -2.06. The average molecular weight is 522 g/mol. The van der Waals surface area contributed by atoms with Crippen molar-refractivity contribution in [2.75, 3.05) is 5.73 Å². The van der Waals surface area contributed by atoms with Crippen molar-refractivity contribution < 1.29 is 19.2 Å². The number of carbonyl (C=O) groups excluding carboxylic acids is 1. The van der Waals surface area contributed by atoms with Crippen LogP contribution in [0.3, 0.4) is 0 Å². The lowest BCUT2D eigenvalue weighted by atomic mass is 10.2. The second-order valence-corrected chi connectivity index (χ2v) is 7.64. The summed E-state index contributed by atoms with van der Waals surface area (Å²) >= 11 is 6.60. The van der Waals surface area contributed by atoms with Crippen molar-refractivity contribution in [1.29, 1.82) is 0 Å². The van der Waals surface area contributed by atoms with Gasteiger partial charge in [-0.2, -0.15) is 0 Å². The van der Waals surface area contributed by atoms with Crippen LogP contribution in [0, 0.1) is 10.1 Å². The van der Waals surface area contributed by atoms with Crippen LogP contribution < -0.4 is 10.5 Å². The maximum Gasteiger partial charge on any atom is 0.338 e. The Morgan fingerprint density at radius 3 is 2.28 bits per heavy atom. The Hall–Kier alpha value is -2.91. The molecule has 0 unspecified atom stereocenters. The van der Waals surface area contributed by atoms with Crippen LogP contribution >= 0.6 is 31.9 Å². The predicted octanol–water partition coefficient (Wildman–Crippen LogP) is 5.85. The molecular weight excluding hydrogens is 508 g/mol. The van der Waals surface area contributed by atoms with E-state index >= 15 is 0 Å². The molecule has 0 aliphatic carbocycles. The lowest BCUT2D eigenvalue weighted by Gasteiger charge is -2.10. The minimum absolute atomic E-state index is 0.0149. The first-order chi connectivity index (χ1) is 13.8. The summed E-state index contributed by atoms with van der Waals surface area (Å²) < 4.78 is 12.2. The van der Waals surface area contributed by atoms with Crippen molar-refractivity contribution in [2.24, 2.45) is 0 Å². The highest BCUT2D eigenvalue weighted by Crippen LogP contribution is 2.30. The van der Waals surface area contributed by atoms with E-state index in [1.807, 2.05) is 0 Å². The van der Waals surface area contributed by atoms with Gasteiger partial charge in [0.25, 0.3) is 5.69 Å². The quantitative estimate of drug-likeness (QED) is 0.189. The number of nitrogen functional groups attached to an aromatic ring is 1. The smallest absolute Gasteiger partial charge is 0.338 e. The number of nitro groups is 1. The molecule has 0 aliphatic heterocycles. The van der Waals surface area contributed by atoms with Crippen molar-refractivity contribution in [1.82, 2.24) is 0 Å². The van der Waals surface area contributed by atoms with Gasteiger partial charge in [-0.25, -0.2) is 4.79 Å². The maximum absolute atomic E-state index is 12.3. The van der Waals surface area contributed by atoms with Gasteiger partial charge in [0.1, 0.15) is 18.1 Å². The van der Waals surface area contributed by atoms with E-state index in [0.29, 0.717) is 31.7 Å². The van der Waals surface area contributed by atoms with Gasteiger partial charge in [-0.1, -0.05) is 12.1 Å². The molecule has 0 saturated carbocycles. The van der Waals surface area contributed by atoms with Crippen molar-refractivity contribution in [2.45, 2.75) is 6.61 Å². The Balaban J connectivity index is 1.65. The second kappa shape index (κ2) is 9.06. The summed E-state index contributed by atoms with van der Waals surface area (Å²) in [4.78, 5) is 22.5. The maximum atomic E-state index is 12.3. The van der Waals surface area contributed by atoms with Crippen LogP contribution in [0.4, 0.5) is 11.4 Å². The zero-order valence-corrected chi connectivity index (χ0v) is 18.0. The first-order valence-electron chi connectivity index (χ1n) is 8.26. The van der Waals surface area contributed by atoms with Gasteiger partial charge in [-0.05, 0) is 73.8 Å². The predicted molar refractivity (Wildman–Crippen MR) is 115 cm³/mol. The van der Waals surface area contributed by atoms with Gasteiger partial charge in [0.15, 0.2) is 0 Å². The Morgan fingerprint density at radius 2 is 1.66 bits per heavy atom. The van der Waals surface area contributed by atoms with Crippen LogP contribution in [0.25, 0.3) is 0 Å². The van der Waals surface area contributed by atoms with Crippen molar-refractivity contribution in [3.05, 3.63) is 90.9 Å². The van der Waals surface area contributed by atoms with E-state index in [1.165, 1.54) is 24.3 Å². The van der Waals surface area contributed by atoms with Crippen molar-refractivity contribution >= 4 is 49.2 Å². The fraction of sp³-hybridized carbons (Fsp3) is 0.0500. The van der Waals surface area contributed by atoms with E-state index in [9.17, 15) is 14.9 Å². The Kier molecular flexibility index (Phi) is 6.50. The monoisotopic (exact) mass is 520 g/mol. The highest BCUT2D eigenvalue weighted by molar-refractivity contribution is 9.11. The van der Waals surface area contributed by atoms with Gasteiger partial charge in [0, 0.05) is 21.1 Å². The summed E-state index contributed by atoms with van der Waals surface area (Å²) in [5.74, 6) is 0.486. The molecule has 7 nitrogen and oxygen atoms in total. The molecule has 0 radical (unpaired) electrons. The minimum atomic E-state index is -0.493. The molecule has 0 fully saturated rings. The van der Waals surface area contributed by atoms with Gasteiger partial charge in [0.2, 0.25) is 0 Å². The number of nitrogens with zero attached hydrogens (tertiary/aromatic N) is 1. The molecule has 3 aromatic rings. The highest BCUT2D eigenvalue weighted by atomic mass is 79.9. The third-order valence-corrected chi connectivity index (χ3v) is 5.18. The molecule has 29 heavy (non-hydrogen) atoms. The minimum Gasteiger partial charge on any atom is -0.457 e. The summed E-state index contributed by atoms with van der Waals surface area (Å²) in [5, 5.41) is 10.7. The van der Waals surface area contributed by atoms with Gasteiger partial charge in [-0.15, -0.1) is 0 Å². The Morgan fingerprint density at radius 1 is 1.00 bits per heavy atom. The molecule has 148 valence electrons. The zero-order chi connectivity index (χ0) is 21.0. The molecule has 0 bridgehead atoms. The van der Waals surface area contributed by atoms with E-state index in [1.54, 1.807) is 36.4 Å². The Bertz CT molecular complexity index is 1050. The Labute approximate surface area is 182 Å². The number of carbonyl (C=O) groups is 1. The molecule has 0 aliphatic rings. The number of nitrogens with two attached hydrogens (primary N) is 1. The number of benzene rings is 3. The second-order valence-electron chi connectivity index (χ2n) is 5.93. The van der Waals surface area contributed by atoms with Gasteiger partial charge in [-0.3, -0.25) is 10.1 Å². The number of halogens is 2. The van der Waals surface area contributed by atoms with E-state index in [0.717, 1.165) is 5.56 Å². The normalized spacial score (nSPS) is 10.4. The molecule has 0 heterocycles. The van der Waals surface area contributed by atoms with E-state index in [2.05, 4.69) is 31.9 Å². The first-order valence-corrected chi connectivity index (χ1v) is 9.85. The molecule has 9 heteroatoms. The molecule has 3 rings (SSSR count). The number of esters is 1. The fourth-order valence-corrected chi connectivity index (χ4v) is 3.59. The summed E-state index contributed by atoms with van der Waals surface area (Å²) in [7, 11) is 0. The topological polar surface area (TPSA) is 105 Å². The van der Waals surface area contributed by atoms with Crippen LogP contribution in [0.15, 0.2) is 69.6 Å². The van der Waals surface area contributed by atoms with Crippen LogP contribution in [0.5, 0.6) is 11.5 Å². The summed E-state index contributed by atoms with van der Waals surface area (Å²) in [6.45, 7) is 0.0515. The first kappa shape index (κ1) is 20.8. The SMILES string of the molecule is Nc1c(Br)cc(C(=O)OCc2cccc(Oc3ccc([N+](=O)[O-])cc3)c2)cc1Br. The number of non-ortho nitro benzene ring substituents is 1. The average Bonchev–Trinajstić information content (AvgIpc) is 2.70. The van der Waals surface area contributed by atoms with Crippen LogP contribution in [-0.2, 0) is 11.3 Å². The van der Waals surface area contributed by atoms with Crippen molar-refractivity contribution in [3.63, 3.8) is 0 Å². The van der Waals surface area contributed by atoms with E-state index in [4.69, 9.17) is 15.2 Å². The van der Waals surface area contributed by atoms with E-state index < -0.39 is 10.9 Å². The third kappa shape index (κ3) is 5.33. The molecule has 0 amide bonds. The van der Waals surface area contributed by atoms with Crippen LogP contribution in [-0.4, -0.2) is 10.9 Å². The molecule has 0 aromatic heterocycles. The van der Waals surface area contributed by atoms with Crippen LogP contribution in [0.1, 0.15) is 15.9 Å². The van der Waals surface area contributed by atoms with E-state index in [-0.39, 0.29) is 12.3 Å². The zero-order valence-electron chi connectivity index (χ0n) is 14.8.